The molecule has 3 heterocycles. The fourth-order valence-electron chi connectivity index (χ4n) is 3.88. The summed E-state index contributed by atoms with van der Waals surface area (Å²) in [6.45, 7) is 6.08. The summed E-state index contributed by atoms with van der Waals surface area (Å²) in [4.78, 5) is 28.2. The van der Waals surface area contributed by atoms with Crippen molar-refractivity contribution in [1.82, 2.24) is 19.6 Å². The summed E-state index contributed by atoms with van der Waals surface area (Å²) < 4.78 is 6.85. The summed E-state index contributed by atoms with van der Waals surface area (Å²) in [7, 11) is 0. The Kier molecular flexibility index (Phi) is 5.36. The molecule has 2 saturated heterocycles. The molecular formula is C19H28N4O3. The topological polar surface area (TPSA) is 67.7 Å². The lowest BCUT2D eigenvalue weighted by Gasteiger charge is -2.34. The van der Waals surface area contributed by atoms with E-state index in [0.717, 1.165) is 51.3 Å². The molecule has 0 aromatic carbocycles. The van der Waals surface area contributed by atoms with E-state index in [1.54, 1.807) is 10.7 Å². The minimum atomic E-state index is 0.0164. The van der Waals surface area contributed by atoms with Gasteiger partial charge in [-0.3, -0.25) is 9.59 Å². The van der Waals surface area contributed by atoms with Crippen LogP contribution >= 0.6 is 0 Å². The smallest absolute Gasteiger partial charge is 0.266 e. The zero-order valence-corrected chi connectivity index (χ0v) is 15.3. The fraction of sp³-hybridized carbons (Fsp3) is 0.737. The molecule has 1 amide bonds. The quantitative estimate of drug-likeness (QED) is 0.747. The van der Waals surface area contributed by atoms with Crippen LogP contribution in [0.4, 0.5) is 0 Å². The second kappa shape index (κ2) is 7.88. The van der Waals surface area contributed by atoms with Crippen LogP contribution in [0.2, 0.25) is 0 Å². The third-order valence-electron chi connectivity index (χ3n) is 5.79. The zero-order valence-electron chi connectivity index (χ0n) is 15.3. The van der Waals surface area contributed by atoms with Gasteiger partial charge in [-0.05, 0) is 50.8 Å². The van der Waals surface area contributed by atoms with Gasteiger partial charge >= 0.3 is 0 Å². The Morgan fingerprint density at radius 1 is 1.04 bits per heavy atom. The first-order chi connectivity index (χ1) is 12.7. The maximum Gasteiger partial charge on any atom is 0.266 e. The molecule has 2 aliphatic heterocycles. The number of carbonyl (C=O) groups excluding carboxylic acids is 1. The highest BCUT2D eigenvalue weighted by atomic mass is 16.5. The Bertz CT molecular complexity index is 692. The second-order valence-electron chi connectivity index (χ2n) is 7.77. The molecule has 1 saturated carbocycles. The SMILES string of the molecule is O=C1COCCN1CCN1CCC(Cn2nc(C3CC3)ccc2=O)CC1. The van der Waals surface area contributed by atoms with Gasteiger partial charge in [0, 0.05) is 38.2 Å². The number of amides is 1. The Morgan fingerprint density at radius 3 is 2.58 bits per heavy atom. The van der Waals surface area contributed by atoms with Crippen LogP contribution in [0.5, 0.6) is 0 Å². The summed E-state index contributed by atoms with van der Waals surface area (Å²) in [6.07, 6.45) is 4.57. The van der Waals surface area contributed by atoms with E-state index < -0.39 is 0 Å². The number of hydrogen-bond donors (Lipinski definition) is 0. The van der Waals surface area contributed by atoms with Gasteiger partial charge in [-0.2, -0.15) is 5.10 Å². The normalized spacial score (nSPS) is 22.8. The maximum absolute atomic E-state index is 12.1. The largest absolute Gasteiger partial charge is 0.370 e. The van der Waals surface area contributed by atoms with Gasteiger partial charge in [-0.15, -0.1) is 0 Å². The zero-order chi connectivity index (χ0) is 17.9. The molecule has 0 unspecified atom stereocenters. The van der Waals surface area contributed by atoms with Crippen LogP contribution in [0.3, 0.4) is 0 Å². The molecule has 7 nitrogen and oxygen atoms in total. The maximum atomic E-state index is 12.1. The summed E-state index contributed by atoms with van der Waals surface area (Å²) in [6, 6.07) is 3.57. The van der Waals surface area contributed by atoms with Crippen molar-refractivity contribution in [2.24, 2.45) is 5.92 Å². The number of hydrogen-bond acceptors (Lipinski definition) is 5. The van der Waals surface area contributed by atoms with E-state index in [2.05, 4.69) is 10.00 Å². The number of likely N-dealkylation sites (tertiary alicyclic amines) is 1. The molecule has 0 atom stereocenters. The van der Waals surface area contributed by atoms with Gasteiger partial charge < -0.3 is 14.5 Å². The molecule has 0 spiro atoms. The van der Waals surface area contributed by atoms with Crippen LogP contribution in [0.1, 0.15) is 37.3 Å². The molecule has 1 aromatic heterocycles. The molecule has 0 N–H and O–H groups in total. The number of morpholine rings is 1. The number of carbonyl (C=O) groups is 1. The molecule has 4 rings (SSSR count). The Hall–Kier alpha value is -1.73. The van der Waals surface area contributed by atoms with Crippen molar-refractivity contribution < 1.29 is 9.53 Å². The van der Waals surface area contributed by atoms with Gasteiger partial charge in [0.15, 0.2) is 0 Å². The lowest BCUT2D eigenvalue weighted by Crippen LogP contribution is -2.46. The van der Waals surface area contributed by atoms with Crippen LogP contribution in [0.25, 0.3) is 0 Å². The van der Waals surface area contributed by atoms with Crippen molar-refractivity contribution in [1.29, 1.82) is 0 Å². The summed E-state index contributed by atoms with van der Waals surface area (Å²) in [5.41, 5.74) is 1.10. The van der Waals surface area contributed by atoms with Crippen LogP contribution in [-0.4, -0.2) is 71.4 Å². The number of piperidine rings is 1. The standard InChI is InChI=1S/C19H28N4O3/c24-18-4-3-17(16-1-2-16)20-23(18)13-15-5-7-21(8-6-15)9-10-22-11-12-26-14-19(22)25/h3-4,15-16H,1-2,5-14H2. The van der Waals surface area contributed by atoms with Crippen molar-refractivity contribution in [2.75, 3.05) is 45.9 Å². The van der Waals surface area contributed by atoms with Crippen LogP contribution in [-0.2, 0) is 16.1 Å². The molecule has 3 fully saturated rings. The average molecular weight is 360 g/mol. The highest BCUT2D eigenvalue weighted by molar-refractivity contribution is 5.77. The Labute approximate surface area is 153 Å². The van der Waals surface area contributed by atoms with Crippen molar-refractivity contribution in [3.63, 3.8) is 0 Å². The predicted molar refractivity (Wildman–Crippen MR) is 97.0 cm³/mol. The number of nitrogens with zero attached hydrogens (tertiary/aromatic N) is 4. The first-order valence-corrected chi connectivity index (χ1v) is 9.85. The summed E-state index contributed by atoms with van der Waals surface area (Å²) in [5, 5.41) is 4.59. The van der Waals surface area contributed by atoms with Crippen molar-refractivity contribution in [2.45, 2.75) is 38.1 Å². The highest BCUT2D eigenvalue weighted by Gasteiger charge is 2.26. The molecule has 1 aliphatic carbocycles. The van der Waals surface area contributed by atoms with Gasteiger partial charge in [-0.25, -0.2) is 4.68 Å². The first kappa shape index (κ1) is 17.7. The van der Waals surface area contributed by atoms with Crippen molar-refractivity contribution in [3.05, 3.63) is 28.2 Å². The van der Waals surface area contributed by atoms with Gasteiger partial charge in [0.1, 0.15) is 6.61 Å². The van der Waals surface area contributed by atoms with E-state index in [0.29, 0.717) is 25.0 Å². The fourth-order valence-corrected chi connectivity index (χ4v) is 3.88. The van der Waals surface area contributed by atoms with E-state index in [-0.39, 0.29) is 18.1 Å². The van der Waals surface area contributed by atoms with E-state index in [1.165, 1.54) is 12.8 Å². The third-order valence-corrected chi connectivity index (χ3v) is 5.79. The monoisotopic (exact) mass is 360 g/mol. The van der Waals surface area contributed by atoms with Gasteiger partial charge in [0.25, 0.3) is 5.56 Å². The van der Waals surface area contributed by atoms with E-state index in [1.807, 2.05) is 11.0 Å². The highest BCUT2D eigenvalue weighted by Crippen LogP contribution is 2.38. The minimum absolute atomic E-state index is 0.0164. The number of rotatable bonds is 6. The van der Waals surface area contributed by atoms with Gasteiger partial charge in [0.05, 0.1) is 12.3 Å². The minimum Gasteiger partial charge on any atom is -0.370 e. The molecule has 26 heavy (non-hydrogen) atoms. The van der Waals surface area contributed by atoms with Crippen LogP contribution in [0.15, 0.2) is 16.9 Å². The molecule has 7 heteroatoms. The van der Waals surface area contributed by atoms with Crippen molar-refractivity contribution in [3.8, 4) is 0 Å². The molecular weight excluding hydrogens is 332 g/mol. The van der Waals surface area contributed by atoms with E-state index >= 15 is 0 Å². The summed E-state index contributed by atoms with van der Waals surface area (Å²) >= 11 is 0. The summed E-state index contributed by atoms with van der Waals surface area (Å²) in [5.74, 6) is 1.19. The molecule has 0 bridgehead atoms. The second-order valence-corrected chi connectivity index (χ2v) is 7.77. The lowest BCUT2D eigenvalue weighted by atomic mass is 9.97. The Balaban J connectivity index is 1.24. The molecule has 0 radical (unpaired) electrons. The molecule has 142 valence electrons. The van der Waals surface area contributed by atoms with Gasteiger partial charge in [-0.1, -0.05) is 0 Å². The number of ether oxygens (including phenoxy) is 1. The Morgan fingerprint density at radius 2 is 1.85 bits per heavy atom. The average Bonchev–Trinajstić information content (AvgIpc) is 3.49. The number of aromatic nitrogens is 2. The van der Waals surface area contributed by atoms with Crippen LogP contribution in [0, 0.1) is 5.92 Å². The third kappa shape index (κ3) is 4.32. The lowest BCUT2D eigenvalue weighted by molar-refractivity contribution is -0.142. The molecule has 1 aromatic rings. The predicted octanol–water partition coefficient (Wildman–Crippen LogP) is 0.692. The van der Waals surface area contributed by atoms with Crippen molar-refractivity contribution >= 4 is 5.91 Å². The van der Waals surface area contributed by atoms with Gasteiger partial charge in [0.2, 0.25) is 5.91 Å². The van der Waals surface area contributed by atoms with E-state index in [4.69, 9.17) is 4.74 Å². The van der Waals surface area contributed by atoms with Crippen LogP contribution < -0.4 is 5.56 Å². The van der Waals surface area contributed by atoms with E-state index in [9.17, 15) is 9.59 Å². The molecule has 3 aliphatic rings. The first-order valence-electron chi connectivity index (χ1n) is 9.85.